The van der Waals surface area contributed by atoms with Crippen molar-refractivity contribution in [1.82, 2.24) is 5.43 Å². The van der Waals surface area contributed by atoms with Crippen LogP contribution in [0, 0.1) is 24.0 Å². The van der Waals surface area contributed by atoms with Gasteiger partial charge in [-0.05, 0) is 49.2 Å². The zero-order chi connectivity index (χ0) is 25.3. The summed E-state index contributed by atoms with van der Waals surface area (Å²) in [5.74, 6) is -1.23. The summed E-state index contributed by atoms with van der Waals surface area (Å²) in [6.45, 7) is 3.79. The van der Waals surface area contributed by atoms with Gasteiger partial charge in [-0.1, -0.05) is 18.2 Å². The molecule has 3 aromatic carbocycles. The van der Waals surface area contributed by atoms with Gasteiger partial charge in [-0.3, -0.25) is 19.7 Å². The number of amides is 1. The van der Waals surface area contributed by atoms with E-state index in [1.807, 2.05) is 19.9 Å². The van der Waals surface area contributed by atoms with Gasteiger partial charge in [0.15, 0.2) is 5.75 Å². The molecule has 0 saturated carbocycles. The topological polar surface area (TPSA) is 144 Å². The summed E-state index contributed by atoms with van der Waals surface area (Å²) in [7, 11) is 1.19. The number of nitro groups is 1. The van der Waals surface area contributed by atoms with Crippen LogP contribution in [0.2, 0.25) is 0 Å². The maximum absolute atomic E-state index is 13.0. The van der Waals surface area contributed by atoms with Crippen LogP contribution in [0.4, 0.5) is 5.69 Å². The molecular formula is C25H21N3O7. The number of carbonyl (C=O) groups excluding carboxylic acids is 1. The largest absolute Gasteiger partial charge is 0.504 e. The van der Waals surface area contributed by atoms with E-state index in [4.69, 9.17) is 9.15 Å². The number of nitrogens with one attached hydrogen (secondary N) is 1. The molecule has 0 saturated heterocycles. The summed E-state index contributed by atoms with van der Waals surface area (Å²) in [5, 5.41) is 25.8. The Bertz CT molecular complexity index is 1590. The van der Waals surface area contributed by atoms with Crippen molar-refractivity contribution in [3.05, 3.63) is 85.1 Å². The van der Waals surface area contributed by atoms with E-state index in [2.05, 4.69) is 10.5 Å². The number of hydrogen-bond acceptors (Lipinski definition) is 8. The van der Waals surface area contributed by atoms with Gasteiger partial charge < -0.3 is 14.3 Å². The third-order valence-electron chi connectivity index (χ3n) is 5.74. The summed E-state index contributed by atoms with van der Waals surface area (Å²) >= 11 is 0. The highest BCUT2D eigenvalue weighted by atomic mass is 16.6. The first-order valence-corrected chi connectivity index (χ1v) is 10.5. The van der Waals surface area contributed by atoms with Crippen LogP contribution in [0.3, 0.4) is 0 Å². The van der Waals surface area contributed by atoms with E-state index in [0.29, 0.717) is 27.5 Å². The monoisotopic (exact) mass is 475 g/mol. The fourth-order valence-electron chi connectivity index (χ4n) is 3.83. The average Bonchev–Trinajstić information content (AvgIpc) is 2.82. The third-order valence-corrected chi connectivity index (χ3v) is 5.74. The molecule has 0 atom stereocenters. The van der Waals surface area contributed by atoms with Crippen LogP contribution in [0.5, 0.6) is 11.5 Å². The van der Waals surface area contributed by atoms with E-state index in [0.717, 1.165) is 17.3 Å². The van der Waals surface area contributed by atoms with Crippen LogP contribution in [-0.4, -0.2) is 29.3 Å². The van der Waals surface area contributed by atoms with E-state index in [-0.39, 0.29) is 23.2 Å². The molecule has 1 amide bonds. The van der Waals surface area contributed by atoms with Gasteiger partial charge in [-0.15, -0.1) is 0 Å². The van der Waals surface area contributed by atoms with Crippen molar-refractivity contribution in [3.8, 4) is 11.5 Å². The predicted molar refractivity (Wildman–Crippen MR) is 130 cm³/mol. The van der Waals surface area contributed by atoms with E-state index >= 15 is 0 Å². The second-order valence-corrected chi connectivity index (χ2v) is 7.89. The number of rotatable bonds is 6. The van der Waals surface area contributed by atoms with Crippen LogP contribution < -0.4 is 15.6 Å². The normalized spacial score (nSPS) is 11.3. The maximum Gasteiger partial charge on any atom is 0.323 e. The molecule has 4 aromatic rings. The molecule has 0 fully saturated rings. The highest BCUT2D eigenvalue weighted by molar-refractivity contribution is 5.94. The number of phenols is 1. The summed E-state index contributed by atoms with van der Waals surface area (Å²) < 4.78 is 11.0. The summed E-state index contributed by atoms with van der Waals surface area (Å²) in [6.07, 6.45) is 0.940. The molecule has 0 unspecified atom stereocenters. The van der Waals surface area contributed by atoms with Crippen LogP contribution in [0.25, 0.3) is 21.9 Å². The number of hydrazone groups is 1. The lowest BCUT2D eigenvalue weighted by Crippen LogP contribution is -2.20. The smallest absolute Gasteiger partial charge is 0.323 e. The Labute approximate surface area is 198 Å². The highest BCUT2D eigenvalue weighted by Crippen LogP contribution is 2.38. The van der Waals surface area contributed by atoms with E-state index in [1.165, 1.54) is 19.2 Å². The fourth-order valence-corrected chi connectivity index (χ4v) is 3.83. The Hall–Kier alpha value is -4.73. The van der Waals surface area contributed by atoms with Crippen LogP contribution in [0.15, 0.2) is 56.8 Å². The Morgan fingerprint density at radius 2 is 1.91 bits per heavy atom. The van der Waals surface area contributed by atoms with Crippen LogP contribution in [-0.2, 0) is 11.2 Å². The number of carbonyl (C=O) groups is 1. The van der Waals surface area contributed by atoms with Crippen molar-refractivity contribution >= 4 is 39.7 Å². The average molecular weight is 475 g/mol. The molecule has 1 aromatic heterocycles. The lowest BCUT2D eigenvalue weighted by atomic mass is 10.0. The van der Waals surface area contributed by atoms with E-state index in [9.17, 15) is 24.8 Å². The van der Waals surface area contributed by atoms with Gasteiger partial charge in [-0.25, -0.2) is 5.43 Å². The summed E-state index contributed by atoms with van der Waals surface area (Å²) in [5.41, 5.74) is 4.78. The lowest BCUT2D eigenvalue weighted by molar-refractivity contribution is -0.386. The molecule has 2 N–H and O–H groups in total. The first kappa shape index (κ1) is 23.4. The molecular weight excluding hydrogens is 454 g/mol. The molecule has 10 heteroatoms. The molecule has 0 spiro atoms. The molecule has 1 heterocycles. The Morgan fingerprint density at radius 1 is 1.17 bits per heavy atom. The number of para-hydroxylation sites is 1. The van der Waals surface area contributed by atoms with Crippen LogP contribution in [0.1, 0.15) is 22.3 Å². The first-order valence-electron chi connectivity index (χ1n) is 10.5. The van der Waals surface area contributed by atoms with Gasteiger partial charge in [0.05, 0.1) is 41.0 Å². The Kier molecular flexibility index (Phi) is 6.20. The number of benzene rings is 3. The van der Waals surface area contributed by atoms with Crippen molar-refractivity contribution in [2.75, 3.05) is 7.11 Å². The summed E-state index contributed by atoms with van der Waals surface area (Å²) in [6, 6.07) is 11.1. The predicted octanol–water partition coefficient (Wildman–Crippen LogP) is 3.88. The number of methoxy groups -OCH3 is 1. The Morgan fingerprint density at radius 3 is 2.63 bits per heavy atom. The number of fused-ring (bicyclic) bond motifs is 2. The van der Waals surface area contributed by atoms with Gasteiger partial charge in [0, 0.05) is 5.56 Å². The Balaban J connectivity index is 1.63. The number of nitro benzene ring substituents is 1. The number of phenolic OH excluding ortho intramolecular Hbond substituents is 1. The van der Waals surface area contributed by atoms with Gasteiger partial charge >= 0.3 is 5.69 Å². The summed E-state index contributed by atoms with van der Waals surface area (Å²) in [4.78, 5) is 36.3. The minimum atomic E-state index is -0.714. The third kappa shape index (κ3) is 4.29. The van der Waals surface area contributed by atoms with Crippen molar-refractivity contribution in [1.29, 1.82) is 0 Å². The standard InChI is InChI=1S/C25H21N3O7/c1-13-7-9-18-22(31)17-6-4-5-15(24(17)35-23(18)14(13)2)11-20(30)27-26-12-16-8-10-19(29)25(34-3)21(16)28(32)33/h4-10,12,29H,11H2,1-3H3,(H,27,30)/b26-12+. The highest BCUT2D eigenvalue weighted by Gasteiger charge is 2.23. The van der Waals surface area contributed by atoms with Crippen molar-refractivity contribution in [2.45, 2.75) is 20.3 Å². The minimum absolute atomic E-state index is 0.0263. The molecule has 0 aliphatic rings. The zero-order valence-corrected chi connectivity index (χ0v) is 19.1. The number of ether oxygens (including phenoxy) is 1. The van der Waals surface area contributed by atoms with Gasteiger partial charge in [-0.2, -0.15) is 5.10 Å². The quantitative estimate of drug-likeness (QED) is 0.186. The molecule has 0 bridgehead atoms. The van der Waals surface area contributed by atoms with Crippen molar-refractivity contribution in [3.63, 3.8) is 0 Å². The molecule has 0 radical (unpaired) electrons. The second kappa shape index (κ2) is 9.26. The van der Waals surface area contributed by atoms with Crippen molar-refractivity contribution < 1.29 is 24.0 Å². The molecule has 35 heavy (non-hydrogen) atoms. The second-order valence-electron chi connectivity index (χ2n) is 7.89. The SMILES string of the molecule is COc1c(O)ccc(/C=N/NC(=O)Cc2cccc3c(=O)c4ccc(C)c(C)c4oc23)c1[N+](=O)[O-]. The number of hydrogen-bond donors (Lipinski definition) is 2. The molecule has 178 valence electrons. The first-order chi connectivity index (χ1) is 16.7. The zero-order valence-electron chi connectivity index (χ0n) is 19.1. The van der Waals surface area contributed by atoms with Gasteiger partial charge in [0.2, 0.25) is 17.1 Å². The van der Waals surface area contributed by atoms with Gasteiger partial charge in [0.1, 0.15) is 11.2 Å². The maximum atomic E-state index is 13.0. The van der Waals surface area contributed by atoms with Crippen molar-refractivity contribution in [2.24, 2.45) is 5.10 Å². The number of aryl methyl sites for hydroxylation is 2. The fraction of sp³-hybridized carbons (Fsp3) is 0.160. The van der Waals surface area contributed by atoms with E-state index in [1.54, 1.807) is 24.3 Å². The minimum Gasteiger partial charge on any atom is -0.504 e. The van der Waals surface area contributed by atoms with Gasteiger partial charge in [0.25, 0.3) is 0 Å². The molecule has 4 rings (SSSR count). The lowest BCUT2D eigenvalue weighted by Gasteiger charge is -2.09. The molecule has 10 nitrogen and oxygen atoms in total. The van der Waals surface area contributed by atoms with E-state index < -0.39 is 22.3 Å². The number of nitrogens with zero attached hydrogens (tertiary/aromatic N) is 2. The number of aromatic hydroxyl groups is 1. The molecule has 0 aliphatic heterocycles. The molecule has 0 aliphatic carbocycles. The van der Waals surface area contributed by atoms with Crippen LogP contribution >= 0.6 is 0 Å².